The average Bonchev–Trinajstić information content (AvgIpc) is 2.39. The van der Waals surface area contributed by atoms with Crippen LogP contribution in [0.4, 0.5) is 5.69 Å². The molecule has 0 atom stereocenters. The van der Waals surface area contributed by atoms with Gasteiger partial charge in [0.05, 0.1) is 25.5 Å². The molecule has 0 unspecified atom stereocenters. The monoisotopic (exact) mass is 299 g/mol. The highest BCUT2D eigenvalue weighted by Crippen LogP contribution is 2.35. The maximum atomic E-state index is 11.5. The lowest BCUT2D eigenvalue weighted by Gasteiger charge is -2.08. The molecule has 9 heteroatoms. The van der Waals surface area contributed by atoms with Crippen molar-refractivity contribution in [2.45, 2.75) is 0 Å². The molecule has 1 aromatic carbocycles. The highest BCUT2D eigenvalue weighted by atomic mass is 35.5. The molecule has 0 heterocycles. The zero-order chi connectivity index (χ0) is 15.3. The van der Waals surface area contributed by atoms with Crippen molar-refractivity contribution in [3.8, 4) is 5.75 Å². The smallest absolute Gasteiger partial charge is 0.338 e. The fraction of sp³-hybridized carbons (Fsp3) is 0.182. The van der Waals surface area contributed by atoms with E-state index in [4.69, 9.17) is 33.5 Å². The van der Waals surface area contributed by atoms with Gasteiger partial charge in [0.15, 0.2) is 5.96 Å². The summed E-state index contributed by atoms with van der Waals surface area (Å²) in [6.45, 7) is 0. The van der Waals surface area contributed by atoms with E-state index >= 15 is 0 Å². The third-order valence-electron chi connectivity index (χ3n) is 2.14. The van der Waals surface area contributed by atoms with Crippen LogP contribution in [0, 0.1) is 0 Å². The first-order valence-electron chi connectivity index (χ1n) is 5.28. The van der Waals surface area contributed by atoms with E-state index in [0.29, 0.717) is 0 Å². The number of esters is 1. The number of hydrogen-bond acceptors (Lipinski definition) is 4. The first-order chi connectivity index (χ1) is 9.38. The third-order valence-corrected chi connectivity index (χ3v) is 2.52. The van der Waals surface area contributed by atoms with Crippen LogP contribution in [0.3, 0.4) is 0 Å². The number of carbonyl (C=O) groups excluding carboxylic acids is 1. The Hall–Kier alpha value is -2.48. The predicted molar refractivity (Wildman–Crippen MR) is 76.4 cm³/mol. The van der Waals surface area contributed by atoms with Crippen LogP contribution in [-0.2, 0) is 4.74 Å². The fourth-order valence-electron chi connectivity index (χ4n) is 1.33. The standard InChI is InChI=1S/C11H14ClN5O3/c1-19-7-4-5(9(18)20-2)3-6(8(7)12)16-11(15)17-10(13)14/h3-4H,1-2H3,(H6,13,14,15,16,17). The predicted octanol–water partition coefficient (Wildman–Crippen LogP) is 0.355. The van der Waals surface area contributed by atoms with E-state index in [-0.39, 0.29) is 33.9 Å². The summed E-state index contributed by atoms with van der Waals surface area (Å²) >= 11 is 6.06. The SMILES string of the molecule is COC(=O)c1cc(N=C(N)N=C(N)N)c(Cl)c(OC)c1. The molecule has 6 N–H and O–H groups in total. The number of rotatable bonds is 3. The summed E-state index contributed by atoms with van der Waals surface area (Å²) in [4.78, 5) is 19.0. The summed E-state index contributed by atoms with van der Waals surface area (Å²) in [7, 11) is 2.65. The minimum Gasteiger partial charge on any atom is -0.495 e. The first-order valence-corrected chi connectivity index (χ1v) is 5.66. The number of aliphatic imine (C=N–C) groups is 2. The number of halogens is 1. The molecule has 0 amide bonds. The number of nitrogens with zero attached hydrogens (tertiary/aromatic N) is 2. The largest absolute Gasteiger partial charge is 0.495 e. The first kappa shape index (κ1) is 15.6. The molecule has 20 heavy (non-hydrogen) atoms. The van der Waals surface area contributed by atoms with Crippen molar-refractivity contribution < 1.29 is 14.3 Å². The van der Waals surface area contributed by atoms with Gasteiger partial charge < -0.3 is 26.7 Å². The second-order valence-electron chi connectivity index (χ2n) is 3.51. The minimum absolute atomic E-state index is 0.161. The molecule has 0 fully saturated rings. The number of nitrogens with two attached hydrogens (primary N) is 3. The van der Waals surface area contributed by atoms with E-state index in [9.17, 15) is 4.79 Å². The van der Waals surface area contributed by atoms with Crippen LogP contribution >= 0.6 is 11.6 Å². The normalized spacial score (nSPS) is 10.8. The van der Waals surface area contributed by atoms with Crippen molar-refractivity contribution in [2.24, 2.45) is 27.2 Å². The van der Waals surface area contributed by atoms with Crippen LogP contribution in [0.2, 0.25) is 5.02 Å². The molecule has 108 valence electrons. The Morgan fingerprint density at radius 1 is 1.25 bits per heavy atom. The minimum atomic E-state index is -0.572. The molecule has 0 aromatic heterocycles. The van der Waals surface area contributed by atoms with Gasteiger partial charge in [-0.1, -0.05) is 11.6 Å². The van der Waals surface area contributed by atoms with Crippen LogP contribution < -0.4 is 21.9 Å². The molecule has 0 aliphatic heterocycles. The van der Waals surface area contributed by atoms with Gasteiger partial charge in [0.1, 0.15) is 10.8 Å². The third kappa shape index (κ3) is 3.75. The van der Waals surface area contributed by atoms with Crippen LogP contribution in [-0.4, -0.2) is 32.1 Å². The highest BCUT2D eigenvalue weighted by molar-refractivity contribution is 6.34. The Bertz CT molecular complexity index is 582. The van der Waals surface area contributed by atoms with E-state index in [0.717, 1.165) is 0 Å². The fourth-order valence-corrected chi connectivity index (χ4v) is 1.56. The van der Waals surface area contributed by atoms with E-state index in [1.165, 1.54) is 26.4 Å². The highest BCUT2D eigenvalue weighted by Gasteiger charge is 2.14. The average molecular weight is 300 g/mol. The molecule has 0 aliphatic carbocycles. The van der Waals surface area contributed by atoms with Gasteiger partial charge in [-0.15, -0.1) is 0 Å². The van der Waals surface area contributed by atoms with Crippen molar-refractivity contribution in [1.29, 1.82) is 0 Å². The quantitative estimate of drug-likeness (QED) is 0.418. The van der Waals surface area contributed by atoms with Crippen molar-refractivity contribution in [1.82, 2.24) is 0 Å². The summed E-state index contributed by atoms with van der Waals surface area (Å²) in [5.41, 5.74) is 16.2. The summed E-state index contributed by atoms with van der Waals surface area (Å²) in [5.74, 6) is -0.794. The number of guanidine groups is 2. The van der Waals surface area contributed by atoms with Gasteiger partial charge in [-0.25, -0.2) is 9.79 Å². The van der Waals surface area contributed by atoms with Crippen molar-refractivity contribution in [3.05, 3.63) is 22.7 Å². The van der Waals surface area contributed by atoms with Gasteiger partial charge in [-0.2, -0.15) is 4.99 Å². The zero-order valence-electron chi connectivity index (χ0n) is 10.9. The van der Waals surface area contributed by atoms with Crippen LogP contribution in [0.5, 0.6) is 5.75 Å². The van der Waals surface area contributed by atoms with Gasteiger partial charge in [-0.05, 0) is 12.1 Å². The Kier molecular flexibility index (Phi) is 5.15. The molecule has 0 aliphatic rings. The molecule has 0 radical (unpaired) electrons. The summed E-state index contributed by atoms with van der Waals surface area (Å²) in [6, 6.07) is 2.80. The van der Waals surface area contributed by atoms with Crippen LogP contribution in [0.25, 0.3) is 0 Å². The number of benzene rings is 1. The molecule has 0 saturated carbocycles. The molecular formula is C11H14ClN5O3. The topological polar surface area (TPSA) is 138 Å². The van der Waals surface area contributed by atoms with E-state index in [2.05, 4.69) is 14.7 Å². The Morgan fingerprint density at radius 2 is 1.90 bits per heavy atom. The van der Waals surface area contributed by atoms with Gasteiger partial charge in [0.2, 0.25) is 5.96 Å². The van der Waals surface area contributed by atoms with Gasteiger partial charge in [0.25, 0.3) is 0 Å². The van der Waals surface area contributed by atoms with E-state index in [1.807, 2.05) is 0 Å². The van der Waals surface area contributed by atoms with E-state index in [1.54, 1.807) is 0 Å². The maximum absolute atomic E-state index is 11.5. The molecular weight excluding hydrogens is 286 g/mol. The Labute approximate surface area is 120 Å². The Morgan fingerprint density at radius 3 is 2.40 bits per heavy atom. The van der Waals surface area contributed by atoms with Crippen molar-refractivity contribution >= 4 is 35.2 Å². The van der Waals surface area contributed by atoms with Gasteiger partial charge in [-0.3, -0.25) is 0 Å². The summed E-state index contributed by atoms with van der Waals surface area (Å²) < 4.78 is 9.66. The maximum Gasteiger partial charge on any atom is 0.338 e. The lowest BCUT2D eigenvalue weighted by Crippen LogP contribution is -2.26. The molecule has 0 saturated heterocycles. The summed E-state index contributed by atoms with van der Waals surface area (Å²) in [6.07, 6.45) is 0. The second kappa shape index (κ2) is 6.62. The zero-order valence-corrected chi connectivity index (χ0v) is 11.6. The lowest BCUT2D eigenvalue weighted by molar-refractivity contribution is 0.0600. The van der Waals surface area contributed by atoms with E-state index < -0.39 is 5.97 Å². The van der Waals surface area contributed by atoms with Crippen molar-refractivity contribution in [3.63, 3.8) is 0 Å². The molecule has 8 nitrogen and oxygen atoms in total. The number of methoxy groups -OCH3 is 2. The molecule has 1 aromatic rings. The molecule has 1 rings (SSSR count). The number of carbonyl (C=O) groups is 1. The number of hydrogen-bond donors (Lipinski definition) is 3. The molecule has 0 spiro atoms. The van der Waals surface area contributed by atoms with Gasteiger partial charge >= 0.3 is 5.97 Å². The molecule has 0 bridgehead atoms. The van der Waals surface area contributed by atoms with Crippen molar-refractivity contribution in [2.75, 3.05) is 14.2 Å². The number of ether oxygens (including phenoxy) is 2. The second-order valence-corrected chi connectivity index (χ2v) is 3.89. The lowest BCUT2D eigenvalue weighted by atomic mass is 10.2. The van der Waals surface area contributed by atoms with Crippen LogP contribution in [0.1, 0.15) is 10.4 Å². The van der Waals surface area contributed by atoms with Gasteiger partial charge in [0, 0.05) is 0 Å². The summed E-state index contributed by atoms with van der Waals surface area (Å²) in [5, 5.41) is 0.161. The Balaban J connectivity index is 3.38. The van der Waals surface area contributed by atoms with Crippen LogP contribution in [0.15, 0.2) is 22.1 Å².